The first kappa shape index (κ1) is 25.1. The third-order valence-electron chi connectivity index (χ3n) is 5.89. The fraction of sp³-hybridized carbons (Fsp3) is 0.423. The Morgan fingerprint density at radius 1 is 0.971 bits per heavy atom. The van der Waals surface area contributed by atoms with Crippen molar-refractivity contribution in [1.82, 2.24) is 10.2 Å². The lowest BCUT2D eigenvalue weighted by atomic mass is 9.96. The monoisotopic (exact) mass is 468 g/mol. The number of benzene rings is 2. The van der Waals surface area contributed by atoms with E-state index in [2.05, 4.69) is 5.32 Å². The van der Waals surface area contributed by atoms with Crippen LogP contribution in [0.4, 0.5) is 4.79 Å². The molecule has 2 aromatic carbocycles. The highest BCUT2D eigenvalue weighted by Crippen LogP contribution is 2.19. The second-order valence-corrected chi connectivity index (χ2v) is 8.19. The van der Waals surface area contributed by atoms with Crippen molar-refractivity contribution in [3.8, 4) is 11.5 Å². The highest BCUT2D eigenvalue weighted by Gasteiger charge is 2.23. The van der Waals surface area contributed by atoms with Crippen LogP contribution in [-0.2, 0) is 16.0 Å². The molecule has 0 radical (unpaired) electrons. The predicted molar refractivity (Wildman–Crippen MR) is 127 cm³/mol. The zero-order chi connectivity index (χ0) is 24.3. The summed E-state index contributed by atoms with van der Waals surface area (Å²) in [6.07, 6.45) is 2.15. The Kier molecular flexibility index (Phi) is 9.31. The van der Waals surface area contributed by atoms with Gasteiger partial charge >= 0.3 is 6.16 Å². The fourth-order valence-electron chi connectivity index (χ4n) is 3.85. The normalized spacial score (nSPS) is 13.8. The van der Waals surface area contributed by atoms with E-state index < -0.39 is 6.16 Å². The summed E-state index contributed by atoms with van der Waals surface area (Å²) in [6.45, 7) is 3.91. The van der Waals surface area contributed by atoms with Crippen molar-refractivity contribution < 1.29 is 28.6 Å². The van der Waals surface area contributed by atoms with Gasteiger partial charge in [0, 0.05) is 31.6 Å². The Bertz CT molecular complexity index is 950. The third kappa shape index (κ3) is 7.50. The maximum Gasteiger partial charge on any atom is 0.513 e. The molecular formula is C26H32N2O6. The summed E-state index contributed by atoms with van der Waals surface area (Å²) in [5.74, 6) is 1.45. The predicted octanol–water partition coefficient (Wildman–Crippen LogP) is 3.83. The lowest BCUT2D eigenvalue weighted by molar-refractivity contribution is -0.132. The van der Waals surface area contributed by atoms with Crippen LogP contribution in [0, 0.1) is 5.92 Å². The number of carbonyl (C=O) groups excluding carboxylic acids is 3. The molecule has 182 valence electrons. The van der Waals surface area contributed by atoms with Crippen LogP contribution in [0.5, 0.6) is 11.5 Å². The number of nitrogens with one attached hydrogen (secondary N) is 1. The zero-order valence-corrected chi connectivity index (χ0v) is 19.7. The van der Waals surface area contributed by atoms with E-state index in [1.165, 1.54) is 0 Å². The standard InChI is InChI=1S/C26H32N2O6/c1-3-33-26(31)34-23-11-7-21(8-12-23)25(30)27-18-20-14-16-28(17-15-20)24(29)13-6-19-4-9-22(32-2)10-5-19/h4-5,7-12,20H,3,6,13-18H2,1-2H3,(H,27,30). The number of nitrogens with zero attached hydrogens (tertiary/aromatic N) is 1. The van der Waals surface area contributed by atoms with Gasteiger partial charge in [-0.05, 0) is 74.1 Å². The van der Waals surface area contributed by atoms with Crippen molar-refractivity contribution in [2.45, 2.75) is 32.6 Å². The van der Waals surface area contributed by atoms with E-state index in [0.717, 1.165) is 24.2 Å². The Morgan fingerprint density at radius 3 is 2.24 bits per heavy atom. The van der Waals surface area contributed by atoms with Crippen LogP contribution in [-0.4, -0.2) is 56.2 Å². The molecule has 8 nitrogen and oxygen atoms in total. The minimum absolute atomic E-state index is 0.170. The summed E-state index contributed by atoms with van der Waals surface area (Å²) in [6, 6.07) is 14.1. The van der Waals surface area contributed by atoms with Crippen LogP contribution in [0.3, 0.4) is 0 Å². The van der Waals surface area contributed by atoms with Gasteiger partial charge in [-0.1, -0.05) is 12.1 Å². The summed E-state index contributed by atoms with van der Waals surface area (Å²) in [5.41, 5.74) is 1.61. The topological polar surface area (TPSA) is 94.2 Å². The zero-order valence-electron chi connectivity index (χ0n) is 19.7. The van der Waals surface area contributed by atoms with Gasteiger partial charge in [0.05, 0.1) is 13.7 Å². The number of likely N-dealkylation sites (tertiary alicyclic amines) is 1. The lowest BCUT2D eigenvalue weighted by Crippen LogP contribution is -2.41. The molecule has 1 aliphatic heterocycles. The van der Waals surface area contributed by atoms with Gasteiger partial charge < -0.3 is 24.4 Å². The maximum absolute atomic E-state index is 12.6. The van der Waals surface area contributed by atoms with Gasteiger partial charge in [-0.3, -0.25) is 9.59 Å². The van der Waals surface area contributed by atoms with E-state index in [4.69, 9.17) is 14.2 Å². The Morgan fingerprint density at radius 2 is 1.62 bits per heavy atom. The molecule has 1 saturated heterocycles. The average molecular weight is 469 g/mol. The van der Waals surface area contributed by atoms with Gasteiger partial charge in [0.1, 0.15) is 11.5 Å². The minimum Gasteiger partial charge on any atom is -0.497 e. The molecule has 1 N–H and O–H groups in total. The summed E-state index contributed by atoms with van der Waals surface area (Å²) in [4.78, 5) is 38.3. The Balaban J connectivity index is 1.36. The lowest BCUT2D eigenvalue weighted by Gasteiger charge is -2.32. The highest BCUT2D eigenvalue weighted by molar-refractivity contribution is 5.94. The number of piperidine rings is 1. The molecule has 2 aromatic rings. The quantitative estimate of drug-likeness (QED) is 0.444. The SMILES string of the molecule is CCOC(=O)Oc1ccc(C(=O)NCC2CCN(C(=O)CCc3ccc(OC)cc3)CC2)cc1. The second kappa shape index (κ2) is 12.6. The molecule has 0 aliphatic carbocycles. The maximum atomic E-state index is 12.6. The molecule has 0 atom stereocenters. The number of hydrogen-bond donors (Lipinski definition) is 1. The smallest absolute Gasteiger partial charge is 0.497 e. The summed E-state index contributed by atoms with van der Waals surface area (Å²) >= 11 is 0. The molecule has 34 heavy (non-hydrogen) atoms. The molecule has 0 unspecified atom stereocenters. The molecule has 0 saturated carbocycles. The summed E-state index contributed by atoms with van der Waals surface area (Å²) in [7, 11) is 1.63. The molecule has 8 heteroatoms. The van der Waals surface area contributed by atoms with Gasteiger partial charge in [0.25, 0.3) is 5.91 Å². The van der Waals surface area contributed by atoms with Gasteiger partial charge in [-0.25, -0.2) is 4.79 Å². The first-order valence-electron chi connectivity index (χ1n) is 11.6. The molecular weight excluding hydrogens is 436 g/mol. The number of rotatable bonds is 9. The Hall–Kier alpha value is -3.55. The van der Waals surface area contributed by atoms with E-state index in [0.29, 0.717) is 49.7 Å². The van der Waals surface area contributed by atoms with Crippen molar-refractivity contribution in [3.05, 3.63) is 59.7 Å². The number of carbonyl (C=O) groups is 3. The van der Waals surface area contributed by atoms with Crippen molar-refractivity contribution in [2.75, 3.05) is 33.4 Å². The van der Waals surface area contributed by atoms with Gasteiger partial charge in [-0.2, -0.15) is 0 Å². The summed E-state index contributed by atoms with van der Waals surface area (Å²) in [5, 5.41) is 2.96. The number of amides is 2. The molecule has 0 bridgehead atoms. The van der Waals surface area contributed by atoms with Gasteiger partial charge in [0.2, 0.25) is 5.91 Å². The number of hydrogen-bond acceptors (Lipinski definition) is 6. The van der Waals surface area contributed by atoms with Crippen LogP contribution in [0.1, 0.15) is 42.1 Å². The highest BCUT2D eigenvalue weighted by atomic mass is 16.7. The molecule has 1 aliphatic rings. The van der Waals surface area contributed by atoms with E-state index >= 15 is 0 Å². The van der Waals surface area contributed by atoms with E-state index in [1.54, 1.807) is 38.3 Å². The molecule has 3 rings (SSSR count). The molecule has 0 aromatic heterocycles. The van der Waals surface area contributed by atoms with Gasteiger partial charge in [-0.15, -0.1) is 0 Å². The van der Waals surface area contributed by atoms with Crippen LogP contribution < -0.4 is 14.8 Å². The third-order valence-corrected chi connectivity index (χ3v) is 5.89. The van der Waals surface area contributed by atoms with Crippen LogP contribution in [0.2, 0.25) is 0 Å². The van der Waals surface area contributed by atoms with Crippen molar-refractivity contribution in [3.63, 3.8) is 0 Å². The van der Waals surface area contributed by atoms with E-state index in [-0.39, 0.29) is 18.4 Å². The average Bonchev–Trinajstić information content (AvgIpc) is 2.87. The summed E-state index contributed by atoms with van der Waals surface area (Å²) < 4.78 is 14.9. The van der Waals surface area contributed by atoms with E-state index in [1.807, 2.05) is 29.2 Å². The second-order valence-electron chi connectivity index (χ2n) is 8.19. The first-order valence-corrected chi connectivity index (χ1v) is 11.6. The number of ether oxygens (including phenoxy) is 3. The number of methoxy groups -OCH3 is 1. The van der Waals surface area contributed by atoms with E-state index in [9.17, 15) is 14.4 Å². The Labute approximate surface area is 200 Å². The molecule has 1 fully saturated rings. The number of aryl methyl sites for hydroxylation is 1. The molecule has 0 spiro atoms. The molecule has 1 heterocycles. The van der Waals surface area contributed by atoms with Crippen molar-refractivity contribution in [1.29, 1.82) is 0 Å². The first-order chi connectivity index (χ1) is 16.5. The van der Waals surface area contributed by atoms with Crippen LogP contribution >= 0.6 is 0 Å². The van der Waals surface area contributed by atoms with Crippen molar-refractivity contribution >= 4 is 18.0 Å². The fourth-order valence-corrected chi connectivity index (χ4v) is 3.85. The molecule has 2 amide bonds. The largest absolute Gasteiger partial charge is 0.513 e. The van der Waals surface area contributed by atoms with Crippen LogP contribution in [0.15, 0.2) is 48.5 Å². The van der Waals surface area contributed by atoms with Crippen molar-refractivity contribution in [2.24, 2.45) is 5.92 Å². The van der Waals surface area contributed by atoms with Crippen LogP contribution in [0.25, 0.3) is 0 Å². The minimum atomic E-state index is -0.773. The van der Waals surface area contributed by atoms with Gasteiger partial charge in [0.15, 0.2) is 0 Å².